The minimum absolute atomic E-state index is 0.511. The Morgan fingerprint density at radius 2 is 2.22 bits per heavy atom. The van der Waals surface area contributed by atoms with Crippen LogP contribution in [-0.4, -0.2) is 27.9 Å². The average molecular weight is 248 g/mol. The molecule has 0 saturated heterocycles. The highest BCUT2D eigenvalue weighted by Gasteiger charge is 2.35. The van der Waals surface area contributed by atoms with Crippen molar-refractivity contribution in [3.63, 3.8) is 0 Å². The topological polar surface area (TPSA) is 66.8 Å². The van der Waals surface area contributed by atoms with Gasteiger partial charge in [-0.1, -0.05) is 6.07 Å². The summed E-state index contributed by atoms with van der Waals surface area (Å²) in [6.07, 6.45) is 2.56. The van der Waals surface area contributed by atoms with E-state index in [-0.39, 0.29) is 0 Å². The van der Waals surface area contributed by atoms with Crippen molar-refractivity contribution >= 4 is 12.0 Å². The molecule has 1 heterocycles. The maximum Gasteiger partial charge on any atom is 0.328 e. The molecule has 0 aromatic heterocycles. The lowest BCUT2D eigenvalue weighted by Crippen LogP contribution is -2.46. The smallest absolute Gasteiger partial charge is 0.328 e. The van der Waals surface area contributed by atoms with Gasteiger partial charge in [-0.2, -0.15) is 0 Å². The summed E-state index contributed by atoms with van der Waals surface area (Å²) in [5.41, 5.74) is 1.09. The number of aliphatic carboxylic acids is 1. The molecule has 0 fully saturated rings. The zero-order valence-electron chi connectivity index (χ0n) is 10.4. The van der Waals surface area contributed by atoms with Crippen molar-refractivity contribution in [2.45, 2.75) is 32.0 Å². The van der Waals surface area contributed by atoms with Gasteiger partial charge < -0.3 is 14.9 Å². The molecule has 18 heavy (non-hydrogen) atoms. The Labute approximate surface area is 106 Å². The van der Waals surface area contributed by atoms with Crippen molar-refractivity contribution in [2.24, 2.45) is 0 Å². The van der Waals surface area contributed by atoms with Crippen LogP contribution < -0.4 is 4.74 Å². The van der Waals surface area contributed by atoms with E-state index in [0.717, 1.165) is 23.0 Å². The molecule has 0 spiro atoms. The van der Waals surface area contributed by atoms with Crippen LogP contribution in [0.5, 0.6) is 5.75 Å². The number of carbonyl (C=O) groups is 1. The Morgan fingerprint density at radius 3 is 2.89 bits per heavy atom. The molecule has 1 aromatic rings. The maximum absolute atomic E-state index is 10.4. The summed E-state index contributed by atoms with van der Waals surface area (Å²) in [5.74, 6) is -0.233. The lowest BCUT2D eigenvalue weighted by molar-refractivity contribution is -0.131. The van der Waals surface area contributed by atoms with Crippen molar-refractivity contribution in [1.82, 2.24) is 0 Å². The monoisotopic (exact) mass is 248 g/mol. The molecule has 0 radical (unpaired) electrons. The van der Waals surface area contributed by atoms with E-state index in [1.165, 1.54) is 6.08 Å². The number of benzene rings is 1. The summed E-state index contributed by atoms with van der Waals surface area (Å²) in [6, 6.07) is 5.45. The number of aliphatic hydroxyl groups excluding tert-OH is 1. The first-order valence-electron chi connectivity index (χ1n) is 5.79. The molecule has 0 saturated carbocycles. The van der Waals surface area contributed by atoms with E-state index < -0.39 is 17.7 Å². The molecular formula is C14H16O4. The van der Waals surface area contributed by atoms with Gasteiger partial charge in [0.2, 0.25) is 0 Å². The van der Waals surface area contributed by atoms with Crippen LogP contribution in [0.1, 0.15) is 25.0 Å². The van der Waals surface area contributed by atoms with Gasteiger partial charge >= 0.3 is 5.97 Å². The number of aliphatic hydroxyl groups is 1. The van der Waals surface area contributed by atoms with E-state index in [9.17, 15) is 9.90 Å². The van der Waals surface area contributed by atoms with Gasteiger partial charge in [0.1, 0.15) is 11.4 Å². The van der Waals surface area contributed by atoms with Crippen molar-refractivity contribution in [2.75, 3.05) is 0 Å². The van der Waals surface area contributed by atoms with Crippen LogP contribution in [0.2, 0.25) is 0 Å². The van der Waals surface area contributed by atoms with Gasteiger partial charge in [-0.25, -0.2) is 4.79 Å². The molecule has 1 aliphatic rings. The predicted molar refractivity (Wildman–Crippen MR) is 67.5 cm³/mol. The summed E-state index contributed by atoms with van der Waals surface area (Å²) in [7, 11) is 0. The standard InChI is InChI=1S/C14H16O4/c1-14(2)12(15)8-10-7-9(4-6-13(16)17)3-5-11(10)18-14/h3-7,12,15H,8H2,1-2H3,(H,16,17). The summed E-state index contributed by atoms with van der Waals surface area (Å²) in [5, 5.41) is 18.5. The number of rotatable bonds is 2. The highest BCUT2D eigenvalue weighted by molar-refractivity contribution is 5.85. The van der Waals surface area contributed by atoms with Crippen molar-refractivity contribution in [1.29, 1.82) is 0 Å². The van der Waals surface area contributed by atoms with Crippen LogP contribution in [0, 0.1) is 0 Å². The van der Waals surface area contributed by atoms with Crippen LogP contribution in [-0.2, 0) is 11.2 Å². The second-order valence-electron chi connectivity index (χ2n) is 4.96. The van der Waals surface area contributed by atoms with Crippen LogP contribution >= 0.6 is 0 Å². The number of carboxylic acids is 1. The number of ether oxygens (including phenoxy) is 1. The molecular weight excluding hydrogens is 232 g/mol. The minimum Gasteiger partial charge on any atom is -0.485 e. The molecule has 2 N–H and O–H groups in total. The SMILES string of the molecule is CC1(C)Oc2ccc(C=CC(=O)O)cc2CC1O. The van der Waals surface area contributed by atoms with E-state index in [0.29, 0.717) is 6.42 Å². The van der Waals surface area contributed by atoms with Crippen LogP contribution in [0.15, 0.2) is 24.3 Å². The van der Waals surface area contributed by atoms with Crippen molar-refractivity contribution in [3.8, 4) is 5.75 Å². The molecule has 0 bridgehead atoms. The average Bonchev–Trinajstić information content (AvgIpc) is 2.27. The van der Waals surface area contributed by atoms with Gasteiger partial charge in [-0.05, 0) is 43.2 Å². The van der Waals surface area contributed by atoms with Gasteiger partial charge in [0, 0.05) is 12.5 Å². The lowest BCUT2D eigenvalue weighted by Gasteiger charge is -2.37. The van der Waals surface area contributed by atoms with Crippen LogP contribution in [0.4, 0.5) is 0 Å². The van der Waals surface area contributed by atoms with Gasteiger partial charge in [-0.15, -0.1) is 0 Å². The molecule has 4 nitrogen and oxygen atoms in total. The molecule has 2 rings (SSSR count). The van der Waals surface area contributed by atoms with E-state index in [1.54, 1.807) is 6.07 Å². The summed E-state index contributed by atoms with van der Waals surface area (Å²) in [6.45, 7) is 3.69. The number of hydrogen-bond acceptors (Lipinski definition) is 3. The first kappa shape index (κ1) is 12.6. The van der Waals surface area contributed by atoms with Crippen molar-refractivity contribution in [3.05, 3.63) is 35.4 Å². The van der Waals surface area contributed by atoms with Crippen LogP contribution in [0.25, 0.3) is 6.08 Å². The minimum atomic E-state index is -0.981. The van der Waals surface area contributed by atoms with Gasteiger partial charge in [0.05, 0.1) is 6.10 Å². The second kappa shape index (κ2) is 4.46. The fraction of sp³-hybridized carbons (Fsp3) is 0.357. The summed E-state index contributed by atoms with van der Waals surface area (Å²) < 4.78 is 5.72. The first-order chi connectivity index (χ1) is 8.38. The normalized spacial score (nSPS) is 21.4. The molecule has 1 aromatic carbocycles. The summed E-state index contributed by atoms with van der Waals surface area (Å²) >= 11 is 0. The molecule has 1 aliphatic heterocycles. The largest absolute Gasteiger partial charge is 0.485 e. The van der Waals surface area contributed by atoms with Gasteiger partial charge in [0.15, 0.2) is 0 Å². The highest BCUT2D eigenvalue weighted by Crippen LogP contribution is 2.33. The zero-order chi connectivity index (χ0) is 13.3. The number of carboxylic acid groups (broad SMARTS) is 1. The third-order valence-electron chi connectivity index (χ3n) is 3.09. The first-order valence-corrected chi connectivity index (χ1v) is 5.79. The third kappa shape index (κ3) is 2.54. The Hall–Kier alpha value is -1.81. The molecule has 1 unspecified atom stereocenters. The quantitative estimate of drug-likeness (QED) is 0.784. The highest BCUT2D eigenvalue weighted by atomic mass is 16.5. The Balaban J connectivity index is 2.29. The summed E-state index contributed by atoms with van der Waals surface area (Å²) in [4.78, 5) is 10.4. The Kier molecular flexibility index (Phi) is 3.13. The van der Waals surface area contributed by atoms with E-state index in [1.807, 2.05) is 26.0 Å². The fourth-order valence-corrected chi connectivity index (χ4v) is 1.94. The Bertz CT molecular complexity index is 503. The fourth-order valence-electron chi connectivity index (χ4n) is 1.94. The van der Waals surface area contributed by atoms with E-state index in [2.05, 4.69) is 0 Å². The van der Waals surface area contributed by atoms with Gasteiger partial charge in [-0.3, -0.25) is 0 Å². The lowest BCUT2D eigenvalue weighted by atomic mass is 9.90. The molecule has 1 atom stereocenters. The van der Waals surface area contributed by atoms with Gasteiger partial charge in [0.25, 0.3) is 0 Å². The predicted octanol–water partition coefficient (Wildman–Crippen LogP) is 1.86. The zero-order valence-corrected chi connectivity index (χ0v) is 10.4. The van der Waals surface area contributed by atoms with Crippen molar-refractivity contribution < 1.29 is 19.7 Å². The molecule has 0 aliphatic carbocycles. The Morgan fingerprint density at radius 1 is 1.50 bits per heavy atom. The third-order valence-corrected chi connectivity index (χ3v) is 3.09. The second-order valence-corrected chi connectivity index (χ2v) is 4.96. The van der Waals surface area contributed by atoms with E-state index >= 15 is 0 Å². The molecule has 0 amide bonds. The van der Waals surface area contributed by atoms with E-state index in [4.69, 9.17) is 9.84 Å². The maximum atomic E-state index is 10.4. The van der Waals surface area contributed by atoms with Crippen LogP contribution in [0.3, 0.4) is 0 Å². The molecule has 4 heteroatoms. The number of hydrogen-bond donors (Lipinski definition) is 2. The number of fused-ring (bicyclic) bond motifs is 1. The molecule has 96 valence electrons.